The molecule has 1 aliphatic rings. The molecule has 6 heteroatoms. The lowest BCUT2D eigenvalue weighted by molar-refractivity contribution is -0.194. The Morgan fingerprint density at radius 3 is 1.84 bits per heavy atom. The van der Waals surface area contributed by atoms with E-state index in [2.05, 4.69) is 0 Å². The topological polar surface area (TPSA) is 82.1 Å². The van der Waals surface area contributed by atoms with Gasteiger partial charge in [0.2, 0.25) is 0 Å². The van der Waals surface area contributed by atoms with Crippen molar-refractivity contribution in [2.45, 2.75) is 24.9 Å². The normalized spacial score (nSPS) is 22.8. The van der Waals surface area contributed by atoms with Crippen LogP contribution in [0.2, 0.25) is 0 Å². The second-order valence-corrected chi connectivity index (χ2v) is 5.64. The van der Waals surface area contributed by atoms with Crippen molar-refractivity contribution in [2.75, 3.05) is 6.61 Å². The van der Waals surface area contributed by atoms with E-state index in [0.717, 1.165) is 0 Å². The third-order valence-corrected chi connectivity index (χ3v) is 3.84. The highest BCUT2D eigenvalue weighted by atomic mass is 16.6. The highest BCUT2D eigenvalue weighted by Crippen LogP contribution is 2.21. The minimum atomic E-state index is -1.07. The van der Waals surface area contributed by atoms with Crippen molar-refractivity contribution >= 4 is 11.9 Å². The molecule has 0 spiro atoms. The molecule has 1 heterocycles. The molecule has 2 aromatic rings. The molecule has 1 saturated heterocycles. The first-order chi connectivity index (χ1) is 12.1. The van der Waals surface area contributed by atoms with Gasteiger partial charge in [-0.3, -0.25) is 0 Å². The van der Waals surface area contributed by atoms with E-state index in [1.807, 2.05) is 0 Å². The molecule has 1 N–H and O–H groups in total. The Bertz CT molecular complexity index is 715. The smallest absolute Gasteiger partial charge is 0.338 e. The average molecular weight is 342 g/mol. The summed E-state index contributed by atoms with van der Waals surface area (Å²) in [5, 5.41) is 9.68. The van der Waals surface area contributed by atoms with Gasteiger partial charge in [-0.1, -0.05) is 36.4 Å². The number of rotatable bonds is 4. The van der Waals surface area contributed by atoms with Gasteiger partial charge in [-0.05, 0) is 24.3 Å². The second kappa shape index (κ2) is 7.92. The number of ether oxygens (including phenoxy) is 3. The molecule has 2 aromatic carbocycles. The standard InChI is InChI=1S/C19H18O6/c20-17-11-15(24-18(21)13-7-3-1-4-8-13)16(12-23-17)25-19(22)14-9-5-2-6-10-14/h1-10,15-17,20H,11-12H2/t15-,16+,17-/m0/s1. The molecular formula is C19H18O6. The second-order valence-electron chi connectivity index (χ2n) is 5.64. The number of hydrogen-bond acceptors (Lipinski definition) is 6. The van der Waals surface area contributed by atoms with Crippen molar-refractivity contribution in [2.24, 2.45) is 0 Å². The molecule has 0 aliphatic carbocycles. The fourth-order valence-corrected chi connectivity index (χ4v) is 2.53. The summed E-state index contributed by atoms with van der Waals surface area (Å²) >= 11 is 0. The molecule has 1 fully saturated rings. The number of hydrogen-bond donors (Lipinski definition) is 1. The van der Waals surface area contributed by atoms with Gasteiger partial charge in [0, 0.05) is 6.42 Å². The lowest BCUT2D eigenvalue weighted by Crippen LogP contribution is -2.46. The van der Waals surface area contributed by atoms with Crippen LogP contribution in [-0.2, 0) is 14.2 Å². The van der Waals surface area contributed by atoms with E-state index in [0.29, 0.717) is 11.1 Å². The molecule has 3 atom stereocenters. The monoisotopic (exact) mass is 342 g/mol. The number of benzene rings is 2. The molecular weight excluding hydrogens is 324 g/mol. The number of aliphatic hydroxyl groups excluding tert-OH is 1. The van der Waals surface area contributed by atoms with Crippen LogP contribution in [0, 0.1) is 0 Å². The van der Waals surface area contributed by atoms with Crippen LogP contribution in [0.25, 0.3) is 0 Å². The zero-order valence-corrected chi connectivity index (χ0v) is 13.4. The van der Waals surface area contributed by atoms with Crippen LogP contribution in [0.3, 0.4) is 0 Å². The van der Waals surface area contributed by atoms with Crippen LogP contribution in [0.15, 0.2) is 60.7 Å². The maximum absolute atomic E-state index is 12.2. The highest BCUT2D eigenvalue weighted by molar-refractivity contribution is 5.90. The summed E-state index contributed by atoms with van der Waals surface area (Å²) in [5.74, 6) is -1.08. The number of aliphatic hydroxyl groups is 1. The molecule has 130 valence electrons. The Hall–Kier alpha value is -2.70. The van der Waals surface area contributed by atoms with Crippen LogP contribution in [0.1, 0.15) is 27.1 Å². The number of carbonyl (C=O) groups is 2. The third kappa shape index (κ3) is 4.43. The largest absolute Gasteiger partial charge is 0.455 e. The van der Waals surface area contributed by atoms with Crippen molar-refractivity contribution in [3.8, 4) is 0 Å². The molecule has 0 saturated carbocycles. The fourth-order valence-electron chi connectivity index (χ4n) is 2.53. The summed E-state index contributed by atoms with van der Waals surface area (Å²) in [4.78, 5) is 24.5. The third-order valence-electron chi connectivity index (χ3n) is 3.84. The lowest BCUT2D eigenvalue weighted by Gasteiger charge is -2.33. The Morgan fingerprint density at radius 2 is 1.32 bits per heavy atom. The van der Waals surface area contributed by atoms with Crippen LogP contribution < -0.4 is 0 Å². The number of carbonyl (C=O) groups excluding carboxylic acids is 2. The van der Waals surface area contributed by atoms with Gasteiger partial charge in [0.1, 0.15) is 6.10 Å². The lowest BCUT2D eigenvalue weighted by atomic mass is 10.1. The SMILES string of the molecule is O=C(O[C@H]1C[C@@H](O)OC[C@H]1OC(=O)c1ccccc1)c1ccccc1. The summed E-state index contributed by atoms with van der Waals surface area (Å²) in [6, 6.07) is 17.0. The van der Waals surface area contributed by atoms with Gasteiger partial charge in [0.25, 0.3) is 0 Å². The molecule has 0 aromatic heterocycles. The van der Waals surface area contributed by atoms with Crippen molar-refractivity contribution in [3.05, 3.63) is 71.8 Å². The molecule has 1 aliphatic heterocycles. The minimum absolute atomic E-state index is 0.0330. The minimum Gasteiger partial charge on any atom is -0.455 e. The molecule has 3 rings (SSSR count). The molecule has 0 amide bonds. The fraction of sp³-hybridized carbons (Fsp3) is 0.263. The first kappa shape index (κ1) is 17.1. The molecule has 0 radical (unpaired) electrons. The maximum Gasteiger partial charge on any atom is 0.338 e. The summed E-state index contributed by atoms with van der Waals surface area (Å²) in [7, 11) is 0. The quantitative estimate of drug-likeness (QED) is 0.858. The highest BCUT2D eigenvalue weighted by Gasteiger charge is 2.36. The molecule has 0 bridgehead atoms. The zero-order valence-electron chi connectivity index (χ0n) is 13.4. The van der Waals surface area contributed by atoms with Crippen molar-refractivity contribution in [1.82, 2.24) is 0 Å². The van der Waals surface area contributed by atoms with Gasteiger partial charge in [-0.2, -0.15) is 0 Å². The summed E-state index contributed by atoms with van der Waals surface area (Å²) in [6.45, 7) is -0.0491. The van der Waals surface area contributed by atoms with Gasteiger partial charge >= 0.3 is 11.9 Å². The van der Waals surface area contributed by atoms with E-state index in [-0.39, 0.29) is 13.0 Å². The zero-order chi connectivity index (χ0) is 17.6. The van der Waals surface area contributed by atoms with E-state index in [4.69, 9.17) is 14.2 Å². The molecule has 25 heavy (non-hydrogen) atoms. The van der Waals surface area contributed by atoms with E-state index in [9.17, 15) is 14.7 Å². The Labute approximate surface area is 144 Å². The Balaban J connectivity index is 1.68. The van der Waals surface area contributed by atoms with Crippen molar-refractivity contribution < 1.29 is 28.9 Å². The van der Waals surface area contributed by atoms with E-state index >= 15 is 0 Å². The maximum atomic E-state index is 12.2. The van der Waals surface area contributed by atoms with E-state index in [1.54, 1.807) is 60.7 Å². The van der Waals surface area contributed by atoms with Gasteiger partial charge in [0.15, 0.2) is 12.4 Å². The average Bonchev–Trinajstić information content (AvgIpc) is 2.65. The van der Waals surface area contributed by atoms with Crippen molar-refractivity contribution in [1.29, 1.82) is 0 Å². The van der Waals surface area contributed by atoms with Gasteiger partial charge < -0.3 is 19.3 Å². The van der Waals surface area contributed by atoms with Crippen LogP contribution in [0.5, 0.6) is 0 Å². The first-order valence-corrected chi connectivity index (χ1v) is 7.95. The predicted octanol–water partition coefficient (Wildman–Crippen LogP) is 2.18. The van der Waals surface area contributed by atoms with E-state index < -0.39 is 30.4 Å². The van der Waals surface area contributed by atoms with Crippen LogP contribution in [-0.4, -0.2) is 42.1 Å². The summed E-state index contributed by atoms with van der Waals surface area (Å²) in [6.07, 6.45) is -2.61. The van der Waals surface area contributed by atoms with Gasteiger partial charge in [-0.25, -0.2) is 9.59 Å². The summed E-state index contributed by atoms with van der Waals surface area (Å²) < 4.78 is 16.0. The van der Waals surface area contributed by atoms with Gasteiger partial charge in [0.05, 0.1) is 17.7 Å². The Morgan fingerprint density at radius 1 is 0.840 bits per heavy atom. The number of esters is 2. The van der Waals surface area contributed by atoms with Crippen LogP contribution in [0.4, 0.5) is 0 Å². The molecule has 0 unspecified atom stereocenters. The van der Waals surface area contributed by atoms with Crippen LogP contribution >= 0.6 is 0 Å². The van der Waals surface area contributed by atoms with Gasteiger partial charge in [-0.15, -0.1) is 0 Å². The predicted molar refractivity (Wildman–Crippen MR) is 87.9 cm³/mol. The molecule has 6 nitrogen and oxygen atoms in total. The van der Waals surface area contributed by atoms with Crippen molar-refractivity contribution in [3.63, 3.8) is 0 Å². The first-order valence-electron chi connectivity index (χ1n) is 7.95. The Kier molecular flexibility index (Phi) is 5.42. The summed E-state index contributed by atoms with van der Waals surface area (Å²) in [5.41, 5.74) is 0.776. The van der Waals surface area contributed by atoms with E-state index in [1.165, 1.54) is 0 Å².